The SMILES string of the molecule is CC1=CC2=C(C)CCCC2=[C]1[Hf]1([C]2=C3CCCC(C)=C3C=C2C)[CH2][CH2]1.Cl.Cl. The van der Waals surface area contributed by atoms with Gasteiger partial charge in [0.1, 0.15) is 0 Å². The van der Waals surface area contributed by atoms with Gasteiger partial charge in [-0.05, 0) is 0 Å². The van der Waals surface area contributed by atoms with E-state index in [-0.39, 0.29) is 24.8 Å². The summed E-state index contributed by atoms with van der Waals surface area (Å²) >= 11 is -2.51. The molecule has 0 bridgehead atoms. The van der Waals surface area contributed by atoms with Gasteiger partial charge in [0, 0.05) is 0 Å². The van der Waals surface area contributed by atoms with Crippen LogP contribution < -0.4 is 0 Å². The molecule has 5 rings (SSSR count). The second kappa shape index (κ2) is 7.62. The molecule has 0 aromatic rings. The fraction of sp³-hybridized carbons (Fsp3) is 0.500. The molecule has 1 aliphatic heterocycles. The number of hydrogen-bond acceptors (Lipinski definition) is 0. The summed E-state index contributed by atoms with van der Waals surface area (Å²) in [5.41, 5.74) is 13.6. The number of halogens is 2. The third-order valence-corrected chi connectivity index (χ3v) is 24.6. The molecule has 1 saturated heterocycles. The first kappa shape index (κ1) is 21.6. The minimum Gasteiger partial charge on any atom is -0.147 e. The number of rotatable bonds is 2. The Labute approximate surface area is 181 Å². The van der Waals surface area contributed by atoms with Crippen LogP contribution in [0.2, 0.25) is 8.35 Å². The molecule has 1 heterocycles. The summed E-state index contributed by atoms with van der Waals surface area (Å²) in [6.45, 7) is 9.63. The van der Waals surface area contributed by atoms with Crippen molar-refractivity contribution in [2.24, 2.45) is 0 Å². The van der Waals surface area contributed by atoms with Crippen LogP contribution >= 0.6 is 24.8 Å². The van der Waals surface area contributed by atoms with Crippen LogP contribution in [0.3, 0.4) is 0 Å². The summed E-state index contributed by atoms with van der Waals surface area (Å²) in [5, 5.41) is 0. The van der Waals surface area contributed by atoms with Gasteiger partial charge in [-0.15, -0.1) is 24.8 Å². The van der Waals surface area contributed by atoms with Gasteiger partial charge in [-0.3, -0.25) is 0 Å². The van der Waals surface area contributed by atoms with E-state index in [2.05, 4.69) is 39.8 Å². The molecule has 27 heavy (non-hydrogen) atoms. The summed E-state index contributed by atoms with van der Waals surface area (Å²) in [5.74, 6) is 0. The van der Waals surface area contributed by atoms with E-state index in [9.17, 15) is 0 Å². The quantitative estimate of drug-likeness (QED) is 0.294. The van der Waals surface area contributed by atoms with Crippen LogP contribution in [0.1, 0.15) is 66.2 Å². The van der Waals surface area contributed by atoms with E-state index in [1.807, 2.05) is 17.8 Å². The fourth-order valence-electron chi connectivity index (χ4n) is 6.19. The van der Waals surface area contributed by atoms with E-state index in [0.29, 0.717) is 0 Å². The summed E-state index contributed by atoms with van der Waals surface area (Å²) < 4.78 is 7.09. The molecule has 5 aliphatic rings. The van der Waals surface area contributed by atoms with Gasteiger partial charge in [0.2, 0.25) is 0 Å². The van der Waals surface area contributed by atoms with E-state index in [0.717, 1.165) is 0 Å². The Kier molecular flexibility index (Phi) is 6.09. The molecule has 0 saturated carbocycles. The molecule has 146 valence electrons. The van der Waals surface area contributed by atoms with Crippen molar-refractivity contribution >= 4 is 24.8 Å². The first-order valence-corrected chi connectivity index (χ1v) is 18.9. The van der Waals surface area contributed by atoms with Gasteiger partial charge >= 0.3 is 158 Å². The molecule has 0 nitrogen and oxygen atoms in total. The molecular formula is C24H32Cl2Hf. The summed E-state index contributed by atoms with van der Waals surface area (Å²) in [4.78, 5) is 0. The molecule has 0 aromatic carbocycles. The number of fused-ring (bicyclic) bond motifs is 2. The largest absolute Gasteiger partial charge is 0.147 e. The average molecular weight is 570 g/mol. The molecule has 0 unspecified atom stereocenters. The van der Waals surface area contributed by atoms with Crippen LogP contribution in [0.15, 0.2) is 63.4 Å². The van der Waals surface area contributed by atoms with Crippen molar-refractivity contribution in [2.75, 3.05) is 0 Å². The smallest absolute Gasteiger partial charge is 0.147 e. The van der Waals surface area contributed by atoms with Crippen molar-refractivity contribution in [1.29, 1.82) is 0 Å². The van der Waals surface area contributed by atoms with Crippen molar-refractivity contribution in [3.63, 3.8) is 0 Å². The van der Waals surface area contributed by atoms with Crippen LogP contribution in [-0.4, -0.2) is 0 Å². The Hall–Kier alpha value is -0.110. The molecule has 0 atom stereocenters. The third kappa shape index (κ3) is 3.11. The minimum absolute atomic E-state index is 0. The van der Waals surface area contributed by atoms with Gasteiger partial charge < -0.3 is 0 Å². The Morgan fingerprint density at radius 3 is 1.41 bits per heavy atom. The van der Waals surface area contributed by atoms with Gasteiger partial charge in [-0.25, -0.2) is 0 Å². The fourth-order valence-corrected chi connectivity index (χ4v) is 30.9. The van der Waals surface area contributed by atoms with Crippen molar-refractivity contribution < 1.29 is 20.0 Å². The van der Waals surface area contributed by atoms with Crippen LogP contribution in [0.5, 0.6) is 0 Å². The van der Waals surface area contributed by atoms with Gasteiger partial charge in [0.15, 0.2) is 0 Å². The second-order valence-electron chi connectivity index (χ2n) is 9.04. The molecule has 1 fully saturated rings. The Bertz CT molecular complexity index is 815. The molecule has 0 N–H and O–H groups in total. The maximum absolute atomic E-state index is 2.57. The van der Waals surface area contributed by atoms with E-state index in [1.165, 1.54) is 38.5 Å². The van der Waals surface area contributed by atoms with Crippen LogP contribution in [-0.2, 0) is 20.0 Å². The van der Waals surface area contributed by atoms with E-state index in [4.69, 9.17) is 0 Å². The summed E-state index contributed by atoms with van der Waals surface area (Å²) in [6.07, 6.45) is 13.2. The average Bonchev–Trinajstić information content (AvgIpc) is 3.15. The van der Waals surface area contributed by atoms with Gasteiger partial charge in [0.25, 0.3) is 0 Å². The van der Waals surface area contributed by atoms with Crippen molar-refractivity contribution in [2.45, 2.75) is 74.6 Å². The first-order chi connectivity index (χ1) is 12.0. The Morgan fingerprint density at radius 1 is 0.630 bits per heavy atom. The molecule has 3 heteroatoms. The molecule has 0 amide bonds. The second-order valence-corrected chi connectivity index (χ2v) is 24.0. The van der Waals surface area contributed by atoms with Crippen molar-refractivity contribution in [3.8, 4) is 0 Å². The number of allylic oxidation sites excluding steroid dienone is 12. The van der Waals surface area contributed by atoms with E-state index in [1.54, 1.807) is 41.8 Å². The van der Waals surface area contributed by atoms with Crippen molar-refractivity contribution in [3.05, 3.63) is 63.4 Å². The zero-order valence-corrected chi connectivity index (χ0v) is 22.4. The molecule has 0 aromatic heterocycles. The molecule has 0 spiro atoms. The van der Waals surface area contributed by atoms with Crippen LogP contribution in [0.25, 0.3) is 0 Å². The monoisotopic (exact) mass is 570 g/mol. The number of hydrogen-bond donors (Lipinski definition) is 0. The van der Waals surface area contributed by atoms with Gasteiger partial charge in [0.05, 0.1) is 0 Å². The van der Waals surface area contributed by atoms with Crippen molar-refractivity contribution in [1.82, 2.24) is 0 Å². The van der Waals surface area contributed by atoms with E-state index >= 15 is 0 Å². The predicted molar refractivity (Wildman–Crippen MR) is 119 cm³/mol. The molecule has 4 aliphatic carbocycles. The minimum atomic E-state index is -2.51. The maximum atomic E-state index is 2.57. The topological polar surface area (TPSA) is 0 Å². The summed E-state index contributed by atoms with van der Waals surface area (Å²) in [7, 11) is 0. The normalized spacial score (nSPS) is 25.6. The third-order valence-electron chi connectivity index (χ3n) is 7.35. The van der Waals surface area contributed by atoms with Crippen LogP contribution in [0, 0.1) is 0 Å². The maximum Gasteiger partial charge on any atom is -0.147 e. The molecule has 0 radical (unpaired) electrons. The predicted octanol–water partition coefficient (Wildman–Crippen LogP) is 8.26. The Morgan fingerprint density at radius 2 is 1.04 bits per heavy atom. The first-order valence-electron chi connectivity index (χ1n) is 10.3. The molecular weight excluding hydrogens is 538 g/mol. The van der Waals surface area contributed by atoms with Crippen LogP contribution in [0.4, 0.5) is 0 Å². The Balaban J connectivity index is 0.00000105. The summed E-state index contributed by atoms with van der Waals surface area (Å²) in [6, 6.07) is 0. The van der Waals surface area contributed by atoms with Gasteiger partial charge in [-0.1, -0.05) is 0 Å². The standard InChI is InChI=1S/2C11H13.C2H4.2ClH.Hf/c2*1-8-6-10-5-3-4-9(2)11(10)7-8;1-2;;;/h2*7H,3-5H2,1-2H3;1-2H2;2*1H;. The van der Waals surface area contributed by atoms with Gasteiger partial charge in [-0.2, -0.15) is 0 Å². The zero-order chi connectivity index (χ0) is 17.3. The zero-order valence-electron chi connectivity index (χ0n) is 17.1. The van der Waals surface area contributed by atoms with E-state index < -0.39 is 20.0 Å².